The van der Waals surface area contributed by atoms with Gasteiger partial charge in [0.2, 0.25) is 0 Å². The molecule has 5 heteroatoms. The first-order valence-corrected chi connectivity index (χ1v) is 6.39. The first-order chi connectivity index (χ1) is 9.95. The van der Waals surface area contributed by atoms with Crippen LogP contribution in [-0.4, -0.2) is 35.7 Å². The topological polar surface area (TPSA) is 64.4 Å². The van der Waals surface area contributed by atoms with E-state index in [1.54, 1.807) is 19.1 Å². The standard InChI is InChI=1S/C16H15N3O2/c1-11-13(5-4-12-6-8-18(2)9-7-12)15(20)19(3)16(21)14(11)10-17/h4-9H,1-3H3/b13-5-. The van der Waals surface area contributed by atoms with Crippen LogP contribution in [0, 0.1) is 11.3 Å². The van der Waals surface area contributed by atoms with Gasteiger partial charge in [0.15, 0.2) is 0 Å². The second-order valence-corrected chi connectivity index (χ2v) is 4.83. The van der Waals surface area contributed by atoms with Crippen molar-refractivity contribution in [3.63, 3.8) is 0 Å². The maximum Gasteiger partial charge on any atom is 0.271 e. The van der Waals surface area contributed by atoms with Crippen LogP contribution < -0.4 is 0 Å². The summed E-state index contributed by atoms with van der Waals surface area (Å²) in [5.41, 5.74) is 1.72. The van der Waals surface area contributed by atoms with E-state index < -0.39 is 11.8 Å². The van der Waals surface area contributed by atoms with Crippen LogP contribution in [0.1, 0.15) is 6.92 Å². The van der Waals surface area contributed by atoms with Crippen LogP contribution in [0.4, 0.5) is 0 Å². The van der Waals surface area contributed by atoms with Crippen molar-refractivity contribution in [1.82, 2.24) is 9.80 Å². The second kappa shape index (κ2) is 5.63. The summed E-state index contributed by atoms with van der Waals surface area (Å²) in [4.78, 5) is 26.8. The molecule has 0 unspecified atom stereocenters. The average Bonchev–Trinajstić information content (AvgIpc) is 2.47. The third-order valence-electron chi connectivity index (χ3n) is 3.39. The van der Waals surface area contributed by atoms with E-state index in [0.29, 0.717) is 11.1 Å². The fraction of sp³-hybridized carbons (Fsp3) is 0.188. The van der Waals surface area contributed by atoms with Crippen molar-refractivity contribution in [2.24, 2.45) is 0 Å². The zero-order valence-corrected chi connectivity index (χ0v) is 12.1. The van der Waals surface area contributed by atoms with E-state index in [0.717, 1.165) is 10.5 Å². The molecule has 0 saturated heterocycles. The lowest BCUT2D eigenvalue weighted by molar-refractivity contribution is -0.138. The zero-order valence-electron chi connectivity index (χ0n) is 12.1. The van der Waals surface area contributed by atoms with E-state index in [1.165, 1.54) is 7.05 Å². The van der Waals surface area contributed by atoms with Gasteiger partial charge in [0.1, 0.15) is 11.6 Å². The molecule has 0 aliphatic carbocycles. The molecule has 0 aromatic carbocycles. The van der Waals surface area contributed by atoms with Gasteiger partial charge in [0, 0.05) is 32.1 Å². The monoisotopic (exact) mass is 281 g/mol. The summed E-state index contributed by atoms with van der Waals surface area (Å²) in [6.45, 7) is 1.62. The first kappa shape index (κ1) is 14.5. The highest BCUT2D eigenvalue weighted by atomic mass is 16.2. The molecule has 5 nitrogen and oxygen atoms in total. The Hall–Kier alpha value is -2.87. The van der Waals surface area contributed by atoms with E-state index >= 15 is 0 Å². The van der Waals surface area contributed by atoms with Gasteiger partial charge in [-0.05, 0) is 36.3 Å². The summed E-state index contributed by atoms with van der Waals surface area (Å²) in [5, 5.41) is 9.06. The number of allylic oxidation sites excluding steroid dienone is 5. The number of carbonyl (C=O) groups is 2. The minimum Gasteiger partial charge on any atom is -0.357 e. The SMILES string of the molecule is CC1=C(C#N)C(=O)N(C)C(=O)/C1=C\C=C1C=CN(C)C=C1. The Morgan fingerprint density at radius 1 is 1.10 bits per heavy atom. The first-order valence-electron chi connectivity index (χ1n) is 6.39. The van der Waals surface area contributed by atoms with Gasteiger partial charge in [-0.1, -0.05) is 6.08 Å². The second-order valence-electron chi connectivity index (χ2n) is 4.83. The van der Waals surface area contributed by atoms with Crippen molar-refractivity contribution >= 4 is 11.8 Å². The zero-order chi connectivity index (χ0) is 15.6. The van der Waals surface area contributed by atoms with E-state index in [-0.39, 0.29) is 5.57 Å². The molecule has 0 spiro atoms. The number of hydrogen-bond donors (Lipinski definition) is 0. The van der Waals surface area contributed by atoms with Crippen LogP contribution in [0.25, 0.3) is 0 Å². The lowest BCUT2D eigenvalue weighted by Crippen LogP contribution is -2.39. The highest BCUT2D eigenvalue weighted by molar-refractivity contribution is 6.17. The number of nitrogens with zero attached hydrogens (tertiary/aromatic N) is 3. The summed E-state index contributed by atoms with van der Waals surface area (Å²) in [5.74, 6) is -0.946. The van der Waals surface area contributed by atoms with Crippen molar-refractivity contribution < 1.29 is 9.59 Å². The average molecular weight is 281 g/mol. The normalized spacial score (nSPS) is 20.5. The molecular weight excluding hydrogens is 266 g/mol. The van der Waals surface area contributed by atoms with Crippen molar-refractivity contribution in [2.45, 2.75) is 6.92 Å². The summed E-state index contributed by atoms with van der Waals surface area (Å²) < 4.78 is 0. The van der Waals surface area contributed by atoms with Gasteiger partial charge in [-0.25, -0.2) is 0 Å². The number of hydrogen-bond acceptors (Lipinski definition) is 4. The fourth-order valence-electron chi connectivity index (χ4n) is 2.03. The van der Waals surface area contributed by atoms with Gasteiger partial charge in [-0.2, -0.15) is 5.26 Å². The molecule has 0 aromatic heterocycles. The van der Waals surface area contributed by atoms with E-state index in [9.17, 15) is 9.59 Å². The van der Waals surface area contributed by atoms with Crippen LogP contribution in [-0.2, 0) is 9.59 Å². The van der Waals surface area contributed by atoms with Gasteiger partial charge in [-0.3, -0.25) is 14.5 Å². The largest absolute Gasteiger partial charge is 0.357 e. The number of amides is 2. The Bertz CT molecular complexity index is 684. The minimum atomic E-state index is -0.552. The van der Waals surface area contributed by atoms with Crippen LogP contribution in [0.2, 0.25) is 0 Å². The predicted molar refractivity (Wildman–Crippen MR) is 78.3 cm³/mol. The van der Waals surface area contributed by atoms with Crippen molar-refractivity contribution in [3.05, 3.63) is 59.0 Å². The number of nitriles is 1. The van der Waals surface area contributed by atoms with Crippen molar-refractivity contribution in [2.75, 3.05) is 14.1 Å². The Labute approximate surface area is 123 Å². The van der Waals surface area contributed by atoms with Gasteiger partial charge < -0.3 is 4.90 Å². The molecule has 0 fully saturated rings. The fourth-order valence-corrected chi connectivity index (χ4v) is 2.03. The lowest BCUT2D eigenvalue weighted by Gasteiger charge is -2.23. The summed E-state index contributed by atoms with van der Waals surface area (Å²) in [6, 6.07) is 1.87. The third-order valence-corrected chi connectivity index (χ3v) is 3.39. The molecular formula is C16H15N3O2. The summed E-state index contributed by atoms with van der Waals surface area (Å²) >= 11 is 0. The highest BCUT2D eigenvalue weighted by Crippen LogP contribution is 2.24. The maximum atomic E-state index is 12.2. The quantitative estimate of drug-likeness (QED) is 0.541. The predicted octanol–water partition coefficient (Wildman–Crippen LogP) is 1.65. The Kier molecular flexibility index (Phi) is 3.90. The molecule has 2 heterocycles. The molecule has 0 aromatic rings. The summed E-state index contributed by atoms with van der Waals surface area (Å²) in [6.07, 6.45) is 11.0. The molecule has 2 aliphatic heterocycles. The Balaban J connectivity index is 2.43. The van der Waals surface area contributed by atoms with E-state index in [4.69, 9.17) is 5.26 Å². The molecule has 0 atom stereocenters. The molecule has 0 bridgehead atoms. The molecule has 2 rings (SSSR count). The van der Waals surface area contributed by atoms with Crippen LogP contribution in [0.5, 0.6) is 0 Å². The van der Waals surface area contributed by atoms with Crippen molar-refractivity contribution in [3.8, 4) is 6.07 Å². The number of likely N-dealkylation sites (N-methyl/N-ethyl adjacent to an activating group) is 1. The molecule has 21 heavy (non-hydrogen) atoms. The molecule has 2 amide bonds. The van der Waals surface area contributed by atoms with Gasteiger partial charge >= 0.3 is 0 Å². The lowest BCUT2D eigenvalue weighted by atomic mass is 9.95. The van der Waals surface area contributed by atoms with E-state index in [2.05, 4.69) is 0 Å². The number of rotatable bonds is 1. The maximum absolute atomic E-state index is 12.2. The van der Waals surface area contributed by atoms with Crippen molar-refractivity contribution in [1.29, 1.82) is 5.26 Å². The summed E-state index contributed by atoms with van der Waals surface area (Å²) in [7, 11) is 3.30. The number of carbonyl (C=O) groups excluding carboxylic acids is 2. The Morgan fingerprint density at radius 3 is 2.29 bits per heavy atom. The molecule has 0 radical (unpaired) electrons. The van der Waals surface area contributed by atoms with E-state index in [1.807, 2.05) is 42.6 Å². The van der Waals surface area contributed by atoms with Gasteiger partial charge in [0.05, 0.1) is 0 Å². The highest BCUT2D eigenvalue weighted by Gasteiger charge is 2.32. The molecule has 0 N–H and O–H groups in total. The van der Waals surface area contributed by atoms with Gasteiger partial charge in [0.25, 0.3) is 11.8 Å². The molecule has 0 saturated carbocycles. The Morgan fingerprint density at radius 2 is 1.71 bits per heavy atom. The van der Waals surface area contributed by atoms with Crippen LogP contribution >= 0.6 is 0 Å². The van der Waals surface area contributed by atoms with Gasteiger partial charge in [-0.15, -0.1) is 0 Å². The third kappa shape index (κ3) is 2.70. The minimum absolute atomic E-state index is 0.0104. The molecule has 2 aliphatic rings. The van der Waals surface area contributed by atoms with Crippen LogP contribution in [0.15, 0.2) is 59.0 Å². The smallest absolute Gasteiger partial charge is 0.271 e. The van der Waals surface area contributed by atoms with Crippen LogP contribution in [0.3, 0.4) is 0 Å². The molecule has 106 valence electrons. The number of imide groups is 1.